The minimum atomic E-state index is -1.13. The zero-order valence-corrected chi connectivity index (χ0v) is 14.0. The van der Waals surface area contributed by atoms with Gasteiger partial charge in [-0.25, -0.2) is 14.8 Å². The first kappa shape index (κ1) is 16.4. The van der Waals surface area contributed by atoms with Gasteiger partial charge in [-0.2, -0.15) is 0 Å². The molecule has 0 bridgehead atoms. The third-order valence-corrected chi connectivity index (χ3v) is 4.66. The van der Waals surface area contributed by atoms with Gasteiger partial charge in [0.25, 0.3) is 5.91 Å². The summed E-state index contributed by atoms with van der Waals surface area (Å²) in [5.74, 6) is -0.237. The second-order valence-electron chi connectivity index (χ2n) is 6.84. The number of ether oxygens (including phenoxy) is 1. The van der Waals surface area contributed by atoms with Crippen molar-refractivity contribution in [2.24, 2.45) is 16.8 Å². The number of hydrogen-bond donors (Lipinski definition) is 2. The molecule has 1 aromatic rings. The molecule has 1 aromatic heterocycles. The second kappa shape index (κ2) is 5.89. The Bertz CT molecular complexity index is 725. The van der Waals surface area contributed by atoms with Gasteiger partial charge in [-0.3, -0.25) is 4.79 Å². The molecule has 2 heterocycles. The van der Waals surface area contributed by atoms with Crippen molar-refractivity contribution in [3.63, 3.8) is 0 Å². The van der Waals surface area contributed by atoms with Crippen LogP contribution < -0.4 is 10.1 Å². The van der Waals surface area contributed by atoms with Crippen LogP contribution in [0.3, 0.4) is 0 Å². The maximum Gasteiger partial charge on any atom is 0.338 e. The normalized spacial score (nSPS) is 23.2. The number of rotatable bonds is 6. The predicted molar refractivity (Wildman–Crippen MR) is 87.3 cm³/mol. The molecule has 7 heteroatoms. The molecule has 2 N–H and O–H groups in total. The van der Waals surface area contributed by atoms with Gasteiger partial charge < -0.3 is 15.2 Å². The van der Waals surface area contributed by atoms with Gasteiger partial charge in [-0.05, 0) is 37.7 Å². The van der Waals surface area contributed by atoms with Crippen molar-refractivity contribution in [3.8, 4) is 5.75 Å². The molecule has 0 aromatic carbocycles. The molecular weight excluding hydrogens is 310 g/mol. The molecule has 0 saturated heterocycles. The SMILES string of the molecule is CC(C)C1(C)N=C(c2ncc(OCC3CC3)cc2C(=O)O)NC1=O. The summed E-state index contributed by atoms with van der Waals surface area (Å²) in [5, 5.41) is 12.1. The lowest BCUT2D eigenvalue weighted by Gasteiger charge is -2.21. The van der Waals surface area contributed by atoms with Crippen molar-refractivity contribution in [1.29, 1.82) is 0 Å². The number of aromatic nitrogens is 1. The van der Waals surface area contributed by atoms with Crippen LogP contribution >= 0.6 is 0 Å². The number of nitrogens with one attached hydrogen (secondary N) is 1. The highest BCUT2D eigenvalue weighted by atomic mass is 16.5. The highest BCUT2D eigenvalue weighted by molar-refractivity contribution is 6.17. The molecule has 1 aliphatic heterocycles. The molecule has 1 unspecified atom stereocenters. The zero-order valence-electron chi connectivity index (χ0n) is 14.0. The van der Waals surface area contributed by atoms with E-state index in [1.807, 2.05) is 13.8 Å². The number of amides is 1. The molecule has 1 atom stereocenters. The van der Waals surface area contributed by atoms with E-state index in [0.29, 0.717) is 18.3 Å². The van der Waals surface area contributed by atoms with Gasteiger partial charge >= 0.3 is 5.97 Å². The standard InChI is InChI=1S/C17H21N3O4/c1-9(2)17(3)16(23)19-14(20-17)13-12(15(21)22)6-11(7-18-13)24-8-10-4-5-10/h6-7,9-10H,4-5,8H2,1-3H3,(H,21,22)(H,19,20,23). The van der Waals surface area contributed by atoms with Crippen molar-refractivity contribution in [2.75, 3.05) is 6.61 Å². The third kappa shape index (κ3) is 2.98. The molecule has 24 heavy (non-hydrogen) atoms. The Morgan fingerprint density at radius 2 is 2.21 bits per heavy atom. The number of carbonyl (C=O) groups is 2. The minimum Gasteiger partial charge on any atom is -0.492 e. The van der Waals surface area contributed by atoms with Crippen molar-refractivity contribution in [3.05, 3.63) is 23.5 Å². The number of aliphatic imine (C=N–C) groups is 1. The average molecular weight is 331 g/mol. The molecule has 1 fully saturated rings. The van der Waals surface area contributed by atoms with Crippen LogP contribution in [-0.2, 0) is 4.79 Å². The molecule has 1 aliphatic carbocycles. The van der Waals surface area contributed by atoms with Gasteiger partial charge in [0.05, 0.1) is 18.4 Å². The Kier molecular flexibility index (Phi) is 4.03. The number of hydrogen-bond acceptors (Lipinski definition) is 5. The van der Waals surface area contributed by atoms with Crippen molar-refractivity contribution < 1.29 is 19.4 Å². The molecule has 3 rings (SSSR count). The topological polar surface area (TPSA) is 101 Å². The number of carboxylic acid groups (broad SMARTS) is 1. The van der Waals surface area contributed by atoms with Crippen molar-refractivity contribution >= 4 is 17.7 Å². The van der Waals surface area contributed by atoms with E-state index in [4.69, 9.17) is 4.74 Å². The Hall–Kier alpha value is -2.44. The molecule has 7 nitrogen and oxygen atoms in total. The van der Waals surface area contributed by atoms with E-state index in [-0.39, 0.29) is 28.9 Å². The van der Waals surface area contributed by atoms with Gasteiger partial charge in [-0.1, -0.05) is 13.8 Å². The minimum absolute atomic E-state index is 0.0237. The maximum absolute atomic E-state index is 12.2. The lowest BCUT2D eigenvalue weighted by molar-refractivity contribution is -0.124. The number of carboxylic acids is 1. The molecular formula is C17H21N3O4. The Labute approximate surface area is 140 Å². The lowest BCUT2D eigenvalue weighted by atomic mass is 9.89. The van der Waals surface area contributed by atoms with Crippen LogP contribution in [0.15, 0.2) is 17.3 Å². The predicted octanol–water partition coefficient (Wildman–Crippen LogP) is 1.86. The summed E-state index contributed by atoms with van der Waals surface area (Å²) in [6.07, 6.45) is 3.77. The number of aromatic carboxylic acids is 1. The fourth-order valence-corrected chi connectivity index (χ4v) is 2.42. The van der Waals surface area contributed by atoms with Crippen LogP contribution in [0.2, 0.25) is 0 Å². The summed E-state index contributed by atoms with van der Waals surface area (Å²) in [4.78, 5) is 32.4. The van der Waals surface area contributed by atoms with Gasteiger partial charge in [0.1, 0.15) is 17.0 Å². The summed E-state index contributed by atoms with van der Waals surface area (Å²) >= 11 is 0. The molecule has 0 spiro atoms. The fraction of sp³-hybridized carbons (Fsp3) is 0.529. The first-order valence-corrected chi connectivity index (χ1v) is 8.09. The van der Waals surface area contributed by atoms with E-state index in [9.17, 15) is 14.7 Å². The van der Waals surface area contributed by atoms with Crippen LogP contribution in [0.1, 0.15) is 49.7 Å². The van der Waals surface area contributed by atoms with Crippen LogP contribution in [0.25, 0.3) is 0 Å². The third-order valence-electron chi connectivity index (χ3n) is 4.66. The maximum atomic E-state index is 12.2. The average Bonchev–Trinajstić information content (AvgIpc) is 3.30. The van der Waals surface area contributed by atoms with E-state index in [1.165, 1.54) is 12.3 Å². The zero-order chi connectivity index (χ0) is 17.5. The summed E-state index contributed by atoms with van der Waals surface area (Å²) in [5.41, 5.74) is -0.803. The van der Waals surface area contributed by atoms with Gasteiger partial charge in [-0.15, -0.1) is 0 Å². The molecule has 0 radical (unpaired) electrons. The summed E-state index contributed by atoms with van der Waals surface area (Å²) < 4.78 is 5.59. The van der Waals surface area contributed by atoms with Crippen LogP contribution in [0, 0.1) is 11.8 Å². The van der Waals surface area contributed by atoms with E-state index in [0.717, 1.165) is 12.8 Å². The van der Waals surface area contributed by atoms with E-state index < -0.39 is 11.5 Å². The van der Waals surface area contributed by atoms with E-state index in [2.05, 4.69) is 15.3 Å². The van der Waals surface area contributed by atoms with Crippen molar-refractivity contribution in [1.82, 2.24) is 10.3 Å². The van der Waals surface area contributed by atoms with Gasteiger partial charge in [0.2, 0.25) is 0 Å². The van der Waals surface area contributed by atoms with Crippen LogP contribution in [0.4, 0.5) is 0 Å². The fourth-order valence-electron chi connectivity index (χ4n) is 2.42. The van der Waals surface area contributed by atoms with Crippen LogP contribution in [-0.4, -0.2) is 39.9 Å². The summed E-state index contributed by atoms with van der Waals surface area (Å²) in [7, 11) is 0. The number of amidine groups is 1. The first-order chi connectivity index (χ1) is 11.3. The largest absolute Gasteiger partial charge is 0.492 e. The van der Waals surface area contributed by atoms with Crippen molar-refractivity contribution in [2.45, 2.75) is 39.2 Å². The van der Waals surface area contributed by atoms with E-state index >= 15 is 0 Å². The Balaban J connectivity index is 1.92. The Morgan fingerprint density at radius 3 is 2.75 bits per heavy atom. The Morgan fingerprint density at radius 1 is 1.50 bits per heavy atom. The van der Waals surface area contributed by atoms with Gasteiger partial charge in [0, 0.05) is 0 Å². The van der Waals surface area contributed by atoms with Crippen LogP contribution in [0.5, 0.6) is 5.75 Å². The first-order valence-electron chi connectivity index (χ1n) is 8.09. The summed E-state index contributed by atoms with van der Waals surface area (Å²) in [6.45, 7) is 6.09. The van der Waals surface area contributed by atoms with E-state index in [1.54, 1.807) is 6.92 Å². The molecule has 2 aliphatic rings. The molecule has 128 valence electrons. The second-order valence-corrected chi connectivity index (χ2v) is 6.84. The smallest absolute Gasteiger partial charge is 0.338 e. The highest BCUT2D eigenvalue weighted by Gasteiger charge is 2.43. The quantitative estimate of drug-likeness (QED) is 0.828. The number of nitrogens with zero attached hydrogens (tertiary/aromatic N) is 2. The number of pyridine rings is 1. The summed E-state index contributed by atoms with van der Waals surface area (Å²) in [6, 6.07) is 1.44. The lowest BCUT2D eigenvalue weighted by Crippen LogP contribution is -2.41. The molecule has 1 saturated carbocycles. The van der Waals surface area contributed by atoms with Gasteiger partial charge in [0.15, 0.2) is 5.84 Å². The number of carbonyl (C=O) groups excluding carboxylic acids is 1. The monoisotopic (exact) mass is 331 g/mol. The molecule has 1 amide bonds. The highest BCUT2D eigenvalue weighted by Crippen LogP contribution is 2.30.